The average Bonchev–Trinajstić information content (AvgIpc) is 3.15. The molecule has 1 aliphatic heterocycles. The maximum Gasteiger partial charge on any atom is 0.114 e. The highest BCUT2D eigenvalue weighted by atomic mass is 16.6. The van der Waals surface area contributed by atoms with Gasteiger partial charge in [-0.2, -0.15) is 0 Å². The molecule has 0 aliphatic carbocycles. The van der Waals surface area contributed by atoms with E-state index in [-0.39, 0.29) is 6.61 Å². The molecule has 0 aromatic carbocycles. The Balaban J connectivity index is 1.76. The summed E-state index contributed by atoms with van der Waals surface area (Å²) in [7, 11) is 0. The summed E-state index contributed by atoms with van der Waals surface area (Å²) >= 11 is 0. The second-order valence-corrected chi connectivity index (χ2v) is 9.46. The van der Waals surface area contributed by atoms with E-state index in [0.29, 0.717) is 6.61 Å². The molecule has 0 saturated carbocycles. The Morgan fingerprint density at radius 3 is 1.58 bits per heavy atom. The summed E-state index contributed by atoms with van der Waals surface area (Å²) in [4.78, 5) is 0. The van der Waals surface area contributed by atoms with Crippen molar-refractivity contribution in [3.05, 3.63) is 0 Å². The zero-order valence-electron chi connectivity index (χ0n) is 20.3. The van der Waals surface area contributed by atoms with E-state index in [1.165, 1.54) is 103 Å². The van der Waals surface area contributed by atoms with Crippen LogP contribution in [0.1, 0.15) is 122 Å². The van der Waals surface area contributed by atoms with Gasteiger partial charge in [0.2, 0.25) is 0 Å². The Hall–Kier alpha value is -0.200. The molecule has 0 radical (unpaired) electrons. The van der Waals surface area contributed by atoms with Crippen LogP contribution in [0.4, 0.5) is 0 Å². The highest BCUT2D eigenvalue weighted by Crippen LogP contribution is 2.21. The average molecular weight is 445 g/mol. The monoisotopic (exact) mass is 444 g/mol. The van der Waals surface area contributed by atoms with Crippen LogP contribution in [0.15, 0.2) is 0 Å². The van der Waals surface area contributed by atoms with Gasteiger partial charge >= 0.3 is 0 Å². The molecule has 1 rings (SSSR count). The first-order chi connectivity index (χ1) is 15.2. The Bertz CT molecular complexity index is 379. The van der Waals surface area contributed by atoms with Crippen molar-refractivity contribution >= 4 is 0 Å². The van der Waals surface area contributed by atoms with Crippen molar-refractivity contribution in [1.29, 1.82) is 0 Å². The summed E-state index contributed by atoms with van der Waals surface area (Å²) in [6, 6.07) is 0. The van der Waals surface area contributed by atoms with E-state index in [0.717, 1.165) is 12.8 Å². The molecule has 0 aromatic heterocycles. The molecular formula is C26H52O5. The van der Waals surface area contributed by atoms with Crippen molar-refractivity contribution in [1.82, 2.24) is 0 Å². The molecule has 1 saturated heterocycles. The summed E-state index contributed by atoms with van der Waals surface area (Å²) in [5.41, 5.74) is 0. The smallest absolute Gasteiger partial charge is 0.114 e. The lowest BCUT2D eigenvalue weighted by atomic mass is 10.0. The Morgan fingerprint density at radius 1 is 0.742 bits per heavy atom. The maximum absolute atomic E-state index is 10.1. The minimum atomic E-state index is -1.05. The molecule has 0 amide bonds. The number of unbranched alkanes of at least 4 members (excludes halogenated alkanes) is 17. The predicted molar refractivity (Wildman–Crippen MR) is 127 cm³/mol. The zero-order valence-corrected chi connectivity index (χ0v) is 20.3. The lowest BCUT2D eigenvalue weighted by Crippen LogP contribution is -2.41. The van der Waals surface area contributed by atoms with Crippen molar-refractivity contribution in [3.8, 4) is 0 Å². The topological polar surface area (TPSA) is 79.2 Å². The van der Waals surface area contributed by atoms with Gasteiger partial charge in [-0.25, -0.2) is 0 Å². The first kappa shape index (κ1) is 28.8. The third-order valence-corrected chi connectivity index (χ3v) is 6.57. The standard InChI is InChI=1S/C26H52O5/c1-2-3-4-5-6-7-8-9-10-11-12-13-14-15-16-17-18-19-20-30-24-22-31-26(25(24)29)23(28)21-27/h23-29H,2-22H2,1H3/t23-,24+,25-,26-/m0/s1. The van der Waals surface area contributed by atoms with Crippen molar-refractivity contribution < 1.29 is 24.8 Å². The number of aliphatic hydroxyl groups is 3. The van der Waals surface area contributed by atoms with E-state index < -0.39 is 31.0 Å². The fourth-order valence-corrected chi connectivity index (χ4v) is 4.44. The van der Waals surface area contributed by atoms with E-state index in [4.69, 9.17) is 14.6 Å². The summed E-state index contributed by atoms with van der Waals surface area (Å²) in [6.45, 7) is 2.77. The third kappa shape index (κ3) is 14.5. The van der Waals surface area contributed by atoms with Crippen LogP contribution < -0.4 is 0 Å². The first-order valence-corrected chi connectivity index (χ1v) is 13.4. The minimum absolute atomic E-state index is 0.280. The van der Waals surface area contributed by atoms with Gasteiger partial charge < -0.3 is 24.8 Å². The molecule has 5 heteroatoms. The van der Waals surface area contributed by atoms with Crippen molar-refractivity contribution in [2.45, 2.75) is 147 Å². The lowest BCUT2D eigenvalue weighted by Gasteiger charge is -2.20. The molecule has 1 fully saturated rings. The molecule has 31 heavy (non-hydrogen) atoms. The van der Waals surface area contributed by atoms with E-state index >= 15 is 0 Å². The van der Waals surface area contributed by atoms with Crippen LogP contribution in [-0.2, 0) is 9.47 Å². The van der Waals surface area contributed by atoms with Crippen LogP contribution in [-0.4, -0.2) is 59.6 Å². The van der Waals surface area contributed by atoms with Gasteiger partial charge in [-0.15, -0.1) is 0 Å². The minimum Gasteiger partial charge on any atom is -0.394 e. The number of rotatable bonds is 22. The highest BCUT2D eigenvalue weighted by Gasteiger charge is 2.40. The molecule has 0 aromatic rings. The molecule has 0 spiro atoms. The van der Waals surface area contributed by atoms with Gasteiger partial charge in [0, 0.05) is 6.61 Å². The van der Waals surface area contributed by atoms with Gasteiger partial charge in [-0.05, 0) is 6.42 Å². The number of hydrogen-bond acceptors (Lipinski definition) is 5. The van der Waals surface area contributed by atoms with Crippen LogP contribution in [0.25, 0.3) is 0 Å². The fraction of sp³-hybridized carbons (Fsp3) is 1.00. The second-order valence-electron chi connectivity index (χ2n) is 9.46. The van der Waals surface area contributed by atoms with Crippen LogP contribution in [0.3, 0.4) is 0 Å². The van der Waals surface area contributed by atoms with Crippen LogP contribution in [0.5, 0.6) is 0 Å². The molecule has 0 unspecified atom stereocenters. The Morgan fingerprint density at radius 2 is 1.16 bits per heavy atom. The molecule has 4 atom stereocenters. The van der Waals surface area contributed by atoms with Crippen molar-refractivity contribution in [2.24, 2.45) is 0 Å². The first-order valence-electron chi connectivity index (χ1n) is 13.4. The van der Waals surface area contributed by atoms with Gasteiger partial charge in [-0.3, -0.25) is 0 Å². The van der Waals surface area contributed by atoms with Gasteiger partial charge in [0.15, 0.2) is 0 Å². The maximum atomic E-state index is 10.1. The molecular weight excluding hydrogens is 392 g/mol. The van der Waals surface area contributed by atoms with Crippen molar-refractivity contribution in [3.63, 3.8) is 0 Å². The van der Waals surface area contributed by atoms with Gasteiger partial charge in [0.25, 0.3) is 0 Å². The SMILES string of the molecule is CCCCCCCCCCCCCCCCCCCCO[C@@H]1CO[C@@H]([C@@H](O)CO)[C@H]1O. The number of hydrogen-bond donors (Lipinski definition) is 3. The Kier molecular flexibility index (Phi) is 19.0. The summed E-state index contributed by atoms with van der Waals surface area (Å²) in [5.74, 6) is 0. The predicted octanol–water partition coefficient (Wildman–Crippen LogP) is 5.53. The van der Waals surface area contributed by atoms with E-state index in [9.17, 15) is 10.2 Å². The molecule has 1 heterocycles. The van der Waals surface area contributed by atoms with Gasteiger partial charge in [0.05, 0.1) is 13.2 Å². The van der Waals surface area contributed by atoms with Gasteiger partial charge in [-0.1, -0.05) is 116 Å². The van der Waals surface area contributed by atoms with E-state index in [2.05, 4.69) is 6.92 Å². The summed E-state index contributed by atoms with van der Waals surface area (Å²) < 4.78 is 11.0. The molecule has 1 aliphatic rings. The van der Waals surface area contributed by atoms with Crippen molar-refractivity contribution in [2.75, 3.05) is 19.8 Å². The fourth-order valence-electron chi connectivity index (χ4n) is 4.44. The van der Waals surface area contributed by atoms with E-state index in [1.807, 2.05) is 0 Å². The van der Waals surface area contributed by atoms with E-state index in [1.54, 1.807) is 0 Å². The van der Waals surface area contributed by atoms with Crippen LogP contribution in [0.2, 0.25) is 0 Å². The number of aliphatic hydroxyl groups excluding tert-OH is 3. The lowest BCUT2D eigenvalue weighted by molar-refractivity contribution is -0.0730. The normalized spacial score (nSPS) is 22.3. The largest absolute Gasteiger partial charge is 0.394 e. The molecule has 5 nitrogen and oxygen atoms in total. The molecule has 0 bridgehead atoms. The van der Waals surface area contributed by atoms with Crippen LogP contribution in [0, 0.1) is 0 Å². The molecule has 186 valence electrons. The van der Waals surface area contributed by atoms with Gasteiger partial charge in [0.1, 0.15) is 24.4 Å². The summed E-state index contributed by atoms with van der Waals surface area (Å²) in [6.07, 6.45) is 21.4. The number of ether oxygens (including phenoxy) is 2. The Labute approximate surface area is 191 Å². The van der Waals surface area contributed by atoms with Crippen LogP contribution >= 0.6 is 0 Å². The third-order valence-electron chi connectivity index (χ3n) is 6.57. The highest BCUT2D eigenvalue weighted by molar-refractivity contribution is 4.88. The second kappa shape index (κ2) is 20.4. The zero-order chi connectivity index (χ0) is 22.6. The quantitative estimate of drug-likeness (QED) is 0.191. The molecule has 3 N–H and O–H groups in total. The summed E-state index contributed by atoms with van der Waals surface area (Å²) in [5, 5.41) is 28.6.